The lowest BCUT2D eigenvalue weighted by atomic mass is 10.1. The fourth-order valence-corrected chi connectivity index (χ4v) is 4.74. The SMILES string of the molecule is CCn1c(CNC(=O)c2ccc3c(c2)OCO3)nnc1SCC(=O)Nc1cc(C)c(C)cc1Br. The minimum absolute atomic E-state index is 0.141. The minimum atomic E-state index is -0.253. The van der Waals surface area contributed by atoms with Gasteiger partial charge in [-0.05, 0) is 78.2 Å². The topological polar surface area (TPSA) is 107 Å². The number of halogens is 1. The molecule has 0 atom stereocenters. The molecule has 0 saturated carbocycles. The van der Waals surface area contributed by atoms with E-state index >= 15 is 0 Å². The summed E-state index contributed by atoms with van der Waals surface area (Å²) in [5, 5.41) is 14.8. The van der Waals surface area contributed by atoms with Gasteiger partial charge < -0.3 is 24.7 Å². The quantitative estimate of drug-likeness (QED) is 0.411. The number of aromatic nitrogens is 3. The van der Waals surface area contributed by atoms with Crippen molar-refractivity contribution in [3.05, 3.63) is 57.3 Å². The van der Waals surface area contributed by atoms with Crippen molar-refractivity contribution in [2.45, 2.75) is 39.0 Å². The Hall–Kier alpha value is -3.05. The van der Waals surface area contributed by atoms with Crippen molar-refractivity contribution < 1.29 is 19.1 Å². The molecule has 0 aliphatic carbocycles. The molecule has 1 aliphatic rings. The van der Waals surface area contributed by atoms with E-state index in [-0.39, 0.29) is 30.9 Å². The summed E-state index contributed by atoms with van der Waals surface area (Å²) in [7, 11) is 0. The average molecular weight is 546 g/mol. The van der Waals surface area contributed by atoms with Gasteiger partial charge in [0.25, 0.3) is 5.91 Å². The van der Waals surface area contributed by atoms with Crippen LogP contribution >= 0.6 is 27.7 Å². The van der Waals surface area contributed by atoms with Crippen LogP contribution in [0.15, 0.2) is 40.0 Å². The summed E-state index contributed by atoms with van der Waals surface area (Å²) in [4.78, 5) is 25.1. The summed E-state index contributed by atoms with van der Waals surface area (Å²) in [5.41, 5.74) is 3.45. The zero-order valence-electron chi connectivity index (χ0n) is 19.0. The monoisotopic (exact) mass is 545 g/mol. The first-order valence-corrected chi connectivity index (χ1v) is 12.4. The molecule has 2 aromatic carbocycles. The third-order valence-electron chi connectivity index (χ3n) is 5.34. The highest BCUT2D eigenvalue weighted by atomic mass is 79.9. The van der Waals surface area contributed by atoms with Crippen LogP contribution < -0.4 is 20.1 Å². The number of hydrogen-bond acceptors (Lipinski definition) is 7. The van der Waals surface area contributed by atoms with Gasteiger partial charge in [0.15, 0.2) is 22.5 Å². The van der Waals surface area contributed by atoms with E-state index in [4.69, 9.17) is 9.47 Å². The molecule has 0 fully saturated rings. The first-order chi connectivity index (χ1) is 16.4. The number of anilines is 1. The Balaban J connectivity index is 1.34. The van der Waals surface area contributed by atoms with Gasteiger partial charge in [-0.15, -0.1) is 10.2 Å². The number of thioether (sulfide) groups is 1. The van der Waals surface area contributed by atoms with E-state index in [2.05, 4.69) is 36.8 Å². The molecule has 2 N–H and O–H groups in total. The number of ether oxygens (including phenoxy) is 2. The molecule has 0 bridgehead atoms. The second-order valence-corrected chi connectivity index (χ2v) is 9.44. The Kier molecular flexibility index (Phi) is 7.42. The van der Waals surface area contributed by atoms with Crippen molar-refractivity contribution in [1.29, 1.82) is 0 Å². The Bertz CT molecular complexity index is 1250. The normalized spacial score (nSPS) is 12.0. The average Bonchev–Trinajstić information content (AvgIpc) is 3.45. The van der Waals surface area contributed by atoms with Gasteiger partial charge in [0, 0.05) is 16.6 Å². The van der Waals surface area contributed by atoms with Crippen molar-refractivity contribution in [2.24, 2.45) is 0 Å². The third-order valence-corrected chi connectivity index (χ3v) is 6.96. The highest BCUT2D eigenvalue weighted by Gasteiger charge is 2.18. The van der Waals surface area contributed by atoms with Crippen molar-refractivity contribution in [3.8, 4) is 11.5 Å². The lowest BCUT2D eigenvalue weighted by Crippen LogP contribution is -2.24. The molecule has 9 nitrogen and oxygen atoms in total. The summed E-state index contributed by atoms with van der Waals surface area (Å²) in [6, 6.07) is 8.96. The molecule has 4 rings (SSSR count). The number of rotatable bonds is 8. The molecule has 11 heteroatoms. The van der Waals surface area contributed by atoms with E-state index in [1.165, 1.54) is 11.8 Å². The Morgan fingerprint density at radius 1 is 1.12 bits per heavy atom. The summed E-state index contributed by atoms with van der Waals surface area (Å²) < 4.78 is 13.3. The molecule has 1 aliphatic heterocycles. The van der Waals surface area contributed by atoms with Crippen LogP contribution in [0.5, 0.6) is 11.5 Å². The predicted molar refractivity (Wildman–Crippen MR) is 132 cm³/mol. The first kappa shape index (κ1) is 24.1. The molecule has 2 amide bonds. The van der Waals surface area contributed by atoms with Crippen LogP contribution in [-0.4, -0.2) is 39.1 Å². The van der Waals surface area contributed by atoms with E-state index in [0.29, 0.717) is 34.6 Å². The van der Waals surface area contributed by atoms with Crippen LogP contribution in [0.4, 0.5) is 5.69 Å². The highest BCUT2D eigenvalue weighted by molar-refractivity contribution is 9.10. The van der Waals surface area contributed by atoms with Gasteiger partial charge in [-0.1, -0.05) is 11.8 Å². The second kappa shape index (κ2) is 10.5. The van der Waals surface area contributed by atoms with E-state index in [1.807, 2.05) is 37.5 Å². The Morgan fingerprint density at radius 3 is 2.68 bits per heavy atom. The molecule has 2 heterocycles. The fourth-order valence-electron chi connectivity index (χ4n) is 3.37. The maximum Gasteiger partial charge on any atom is 0.251 e. The van der Waals surface area contributed by atoms with E-state index in [9.17, 15) is 9.59 Å². The highest BCUT2D eigenvalue weighted by Crippen LogP contribution is 2.32. The number of amides is 2. The Labute approximate surface area is 209 Å². The molecule has 0 radical (unpaired) electrons. The van der Waals surface area contributed by atoms with Gasteiger partial charge >= 0.3 is 0 Å². The zero-order valence-corrected chi connectivity index (χ0v) is 21.4. The molecule has 1 aromatic heterocycles. The molecule has 0 spiro atoms. The number of carbonyl (C=O) groups is 2. The van der Waals surface area contributed by atoms with Crippen LogP contribution in [0.3, 0.4) is 0 Å². The van der Waals surface area contributed by atoms with Gasteiger partial charge in [-0.25, -0.2) is 0 Å². The van der Waals surface area contributed by atoms with Gasteiger partial charge in [0.2, 0.25) is 12.7 Å². The molecule has 3 aromatic rings. The van der Waals surface area contributed by atoms with Crippen molar-refractivity contribution in [3.63, 3.8) is 0 Å². The molecule has 178 valence electrons. The lowest BCUT2D eigenvalue weighted by Gasteiger charge is -2.11. The molecule has 0 saturated heterocycles. The van der Waals surface area contributed by atoms with Crippen LogP contribution in [-0.2, 0) is 17.9 Å². The number of fused-ring (bicyclic) bond motifs is 1. The zero-order chi connectivity index (χ0) is 24.2. The third kappa shape index (κ3) is 5.36. The van der Waals surface area contributed by atoms with E-state index in [1.54, 1.807) is 18.2 Å². The van der Waals surface area contributed by atoms with Gasteiger partial charge in [0.05, 0.1) is 18.0 Å². The van der Waals surface area contributed by atoms with E-state index in [0.717, 1.165) is 21.3 Å². The van der Waals surface area contributed by atoms with Crippen LogP contribution in [0.1, 0.15) is 34.2 Å². The molecular weight excluding hydrogens is 522 g/mol. The van der Waals surface area contributed by atoms with Gasteiger partial charge in [0.1, 0.15) is 0 Å². The summed E-state index contributed by atoms with van der Waals surface area (Å²) in [6.45, 7) is 6.95. The standard InChI is InChI=1S/C23H24BrN5O4S/c1-4-29-20(10-25-22(31)15-5-6-18-19(9-15)33-12-32-18)27-28-23(29)34-11-21(30)26-17-8-14(3)13(2)7-16(17)24/h5-9H,4,10-12H2,1-3H3,(H,25,31)(H,26,30). The number of nitrogens with zero attached hydrogens (tertiary/aromatic N) is 3. The number of benzene rings is 2. The Morgan fingerprint density at radius 2 is 1.88 bits per heavy atom. The molecule has 0 unspecified atom stereocenters. The summed E-state index contributed by atoms with van der Waals surface area (Å²) in [6.07, 6.45) is 0. The summed E-state index contributed by atoms with van der Waals surface area (Å²) >= 11 is 4.79. The van der Waals surface area contributed by atoms with Gasteiger partial charge in [-0.3, -0.25) is 9.59 Å². The van der Waals surface area contributed by atoms with Crippen molar-refractivity contribution in [2.75, 3.05) is 17.9 Å². The maximum absolute atomic E-state index is 12.6. The minimum Gasteiger partial charge on any atom is -0.454 e. The number of nitrogens with one attached hydrogen (secondary N) is 2. The smallest absolute Gasteiger partial charge is 0.251 e. The van der Waals surface area contributed by atoms with Gasteiger partial charge in [-0.2, -0.15) is 0 Å². The predicted octanol–water partition coefficient (Wildman–Crippen LogP) is 4.07. The van der Waals surface area contributed by atoms with Crippen molar-refractivity contribution >= 4 is 45.2 Å². The number of aryl methyl sites for hydroxylation is 2. The fraction of sp³-hybridized carbons (Fsp3) is 0.304. The largest absolute Gasteiger partial charge is 0.454 e. The maximum atomic E-state index is 12.6. The lowest BCUT2D eigenvalue weighted by molar-refractivity contribution is -0.113. The molecular formula is C23H24BrN5O4S. The van der Waals surface area contributed by atoms with Crippen LogP contribution in [0.25, 0.3) is 0 Å². The van der Waals surface area contributed by atoms with Crippen LogP contribution in [0.2, 0.25) is 0 Å². The number of carbonyl (C=O) groups excluding carboxylic acids is 2. The molecule has 34 heavy (non-hydrogen) atoms. The number of hydrogen-bond donors (Lipinski definition) is 2. The van der Waals surface area contributed by atoms with E-state index < -0.39 is 0 Å². The van der Waals surface area contributed by atoms with Crippen LogP contribution in [0, 0.1) is 13.8 Å². The first-order valence-electron chi connectivity index (χ1n) is 10.6. The van der Waals surface area contributed by atoms with Crippen molar-refractivity contribution in [1.82, 2.24) is 20.1 Å². The second-order valence-electron chi connectivity index (χ2n) is 7.65. The summed E-state index contributed by atoms with van der Waals surface area (Å²) in [5.74, 6) is 1.57.